The van der Waals surface area contributed by atoms with E-state index in [0.717, 1.165) is 53.0 Å². The first-order valence-corrected chi connectivity index (χ1v) is 8.17. The molecule has 2 N–H and O–H groups in total. The number of hydrogen-bond acceptors (Lipinski definition) is 3. The smallest absolute Gasteiger partial charge is 0.220 e. The quantitative estimate of drug-likeness (QED) is 0.880. The number of carbonyl (C=O) groups excluding carboxylic acids is 1. The van der Waals surface area contributed by atoms with Gasteiger partial charge in [0.25, 0.3) is 0 Å². The van der Waals surface area contributed by atoms with Crippen molar-refractivity contribution in [3.05, 3.63) is 42.0 Å². The summed E-state index contributed by atoms with van der Waals surface area (Å²) in [5, 5.41) is 2.15. The van der Waals surface area contributed by atoms with Crippen molar-refractivity contribution in [2.45, 2.75) is 12.8 Å². The molecule has 0 aliphatic carbocycles. The fourth-order valence-electron chi connectivity index (χ4n) is 3.17. The zero-order valence-corrected chi connectivity index (χ0v) is 13.9. The van der Waals surface area contributed by atoms with Crippen LogP contribution in [0.4, 0.5) is 0 Å². The van der Waals surface area contributed by atoms with Crippen molar-refractivity contribution < 1.29 is 9.53 Å². The fourth-order valence-corrected chi connectivity index (χ4v) is 3.53. The van der Waals surface area contributed by atoms with E-state index in [-0.39, 0.29) is 11.8 Å². The van der Waals surface area contributed by atoms with Crippen LogP contribution >= 0.6 is 12.2 Å². The first kappa shape index (κ1) is 15.7. The Morgan fingerprint density at radius 2 is 1.83 bits per heavy atom. The number of likely N-dealkylation sites (tertiary alicyclic amines) is 1. The first-order valence-electron chi connectivity index (χ1n) is 7.76. The van der Waals surface area contributed by atoms with Gasteiger partial charge in [0, 0.05) is 30.0 Å². The van der Waals surface area contributed by atoms with Crippen molar-refractivity contribution >= 4 is 33.9 Å². The molecule has 120 valence electrons. The summed E-state index contributed by atoms with van der Waals surface area (Å²) in [6.07, 6.45) is 1.53. The van der Waals surface area contributed by atoms with E-state index in [2.05, 4.69) is 11.0 Å². The minimum absolute atomic E-state index is 0.0262. The van der Waals surface area contributed by atoms with Crippen LogP contribution in [0.5, 0.6) is 5.75 Å². The average molecular weight is 328 g/mol. The predicted molar refractivity (Wildman–Crippen MR) is 95.7 cm³/mol. The lowest BCUT2D eigenvalue weighted by Crippen LogP contribution is -2.41. The van der Waals surface area contributed by atoms with Crippen LogP contribution in [-0.4, -0.2) is 36.0 Å². The third-order valence-electron chi connectivity index (χ3n) is 4.52. The Balaban J connectivity index is 1.89. The number of nitrogens with zero attached hydrogens (tertiary/aromatic N) is 1. The van der Waals surface area contributed by atoms with Crippen molar-refractivity contribution in [3.63, 3.8) is 0 Å². The maximum absolute atomic E-state index is 11.3. The predicted octanol–water partition coefficient (Wildman–Crippen LogP) is 2.72. The Morgan fingerprint density at radius 1 is 1.17 bits per heavy atom. The minimum Gasteiger partial charge on any atom is -0.496 e. The standard InChI is InChI=1S/C18H20N2O2S/c1-22-16-7-6-15(13-4-2-3-5-14(13)16)18(23)20-10-8-12(9-11-20)17(19)21/h2-7,12H,8-11H2,1H3,(H2,19,21). The molecular weight excluding hydrogens is 308 g/mol. The summed E-state index contributed by atoms with van der Waals surface area (Å²) in [5.74, 6) is 0.617. The number of hydrogen-bond donors (Lipinski definition) is 1. The molecule has 4 nitrogen and oxygen atoms in total. The largest absolute Gasteiger partial charge is 0.496 e. The first-order chi connectivity index (χ1) is 11.1. The number of rotatable bonds is 3. The van der Waals surface area contributed by atoms with Gasteiger partial charge in [0.05, 0.1) is 7.11 Å². The van der Waals surface area contributed by atoms with Gasteiger partial charge in [-0.25, -0.2) is 0 Å². The second kappa shape index (κ2) is 6.54. The zero-order valence-electron chi connectivity index (χ0n) is 13.1. The molecule has 2 aromatic rings. The van der Waals surface area contributed by atoms with E-state index in [9.17, 15) is 4.79 Å². The van der Waals surface area contributed by atoms with Gasteiger partial charge >= 0.3 is 0 Å². The summed E-state index contributed by atoms with van der Waals surface area (Å²) in [6.45, 7) is 1.54. The Bertz CT molecular complexity index is 752. The molecule has 23 heavy (non-hydrogen) atoms. The Labute approximate surface area is 141 Å². The minimum atomic E-state index is -0.203. The molecule has 0 unspecified atom stereocenters. The van der Waals surface area contributed by atoms with Gasteiger partial charge in [-0.1, -0.05) is 36.5 Å². The van der Waals surface area contributed by atoms with Gasteiger partial charge in [-0.2, -0.15) is 0 Å². The van der Waals surface area contributed by atoms with Gasteiger partial charge in [-0.15, -0.1) is 0 Å². The Morgan fingerprint density at radius 3 is 2.43 bits per heavy atom. The van der Waals surface area contributed by atoms with Crippen molar-refractivity contribution in [3.8, 4) is 5.75 Å². The molecule has 1 heterocycles. The van der Waals surface area contributed by atoms with Crippen LogP contribution in [0.25, 0.3) is 10.8 Å². The van der Waals surface area contributed by atoms with E-state index in [0.29, 0.717) is 0 Å². The van der Waals surface area contributed by atoms with Crippen LogP contribution in [-0.2, 0) is 4.79 Å². The van der Waals surface area contributed by atoms with Crippen LogP contribution in [0.3, 0.4) is 0 Å². The van der Waals surface area contributed by atoms with Crippen LogP contribution in [0.15, 0.2) is 36.4 Å². The molecule has 0 aromatic heterocycles. The van der Waals surface area contributed by atoms with Crippen LogP contribution in [0, 0.1) is 5.92 Å². The molecule has 1 fully saturated rings. The number of primary amides is 1. The molecule has 0 radical (unpaired) electrons. The van der Waals surface area contributed by atoms with E-state index < -0.39 is 0 Å². The zero-order chi connectivity index (χ0) is 16.4. The number of fused-ring (bicyclic) bond motifs is 1. The summed E-state index contributed by atoms with van der Waals surface area (Å²) in [6, 6.07) is 12.1. The van der Waals surface area contributed by atoms with Crippen molar-refractivity contribution in [1.82, 2.24) is 4.90 Å². The summed E-state index contributed by atoms with van der Waals surface area (Å²) in [4.78, 5) is 14.3. The number of piperidine rings is 1. The van der Waals surface area contributed by atoms with E-state index in [1.165, 1.54) is 0 Å². The van der Waals surface area contributed by atoms with Crippen LogP contribution in [0.2, 0.25) is 0 Å². The lowest BCUT2D eigenvalue weighted by Gasteiger charge is -2.33. The van der Waals surface area contributed by atoms with E-state index in [1.807, 2.05) is 30.3 Å². The number of thiocarbonyl (C=S) groups is 1. The summed E-state index contributed by atoms with van der Waals surface area (Å²) in [5.41, 5.74) is 6.44. The number of carbonyl (C=O) groups is 1. The molecule has 0 spiro atoms. The molecular formula is C18H20N2O2S. The lowest BCUT2D eigenvalue weighted by molar-refractivity contribution is -0.122. The SMILES string of the molecule is COc1ccc(C(=S)N2CCC(C(N)=O)CC2)c2ccccc12. The van der Waals surface area contributed by atoms with Gasteiger partial charge in [0.1, 0.15) is 10.7 Å². The molecule has 0 atom stereocenters. The third kappa shape index (κ3) is 3.01. The van der Waals surface area contributed by atoms with Crippen LogP contribution < -0.4 is 10.5 Å². The van der Waals surface area contributed by atoms with Crippen LogP contribution in [0.1, 0.15) is 18.4 Å². The van der Waals surface area contributed by atoms with E-state index in [1.54, 1.807) is 7.11 Å². The lowest BCUT2D eigenvalue weighted by atomic mass is 9.95. The Kier molecular flexibility index (Phi) is 4.48. The second-order valence-electron chi connectivity index (χ2n) is 5.83. The number of amides is 1. The summed E-state index contributed by atoms with van der Waals surface area (Å²) < 4.78 is 5.44. The van der Waals surface area contributed by atoms with Gasteiger partial charge in [-0.05, 0) is 30.4 Å². The number of methoxy groups -OCH3 is 1. The molecule has 0 bridgehead atoms. The van der Waals surface area contributed by atoms with Gasteiger partial charge in [0.2, 0.25) is 5.91 Å². The molecule has 3 rings (SSSR count). The normalized spacial score (nSPS) is 15.6. The van der Waals surface area contributed by atoms with Gasteiger partial charge in [0.15, 0.2) is 0 Å². The average Bonchev–Trinajstić information content (AvgIpc) is 2.60. The number of nitrogens with two attached hydrogens (primary N) is 1. The number of ether oxygens (including phenoxy) is 1. The molecule has 0 saturated carbocycles. The summed E-state index contributed by atoms with van der Waals surface area (Å²) >= 11 is 5.72. The van der Waals surface area contributed by atoms with Crippen molar-refractivity contribution in [2.75, 3.05) is 20.2 Å². The molecule has 1 amide bonds. The monoisotopic (exact) mass is 328 g/mol. The van der Waals surface area contributed by atoms with E-state index >= 15 is 0 Å². The van der Waals surface area contributed by atoms with Gasteiger partial charge in [-0.3, -0.25) is 4.79 Å². The fraction of sp³-hybridized carbons (Fsp3) is 0.333. The molecule has 1 aliphatic rings. The maximum Gasteiger partial charge on any atom is 0.220 e. The van der Waals surface area contributed by atoms with Gasteiger partial charge < -0.3 is 15.4 Å². The highest BCUT2D eigenvalue weighted by molar-refractivity contribution is 7.80. The van der Waals surface area contributed by atoms with E-state index in [4.69, 9.17) is 22.7 Å². The highest BCUT2D eigenvalue weighted by atomic mass is 32.1. The molecule has 5 heteroatoms. The Hall–Kier alpha value is -2.14. The summed E-state index contributed by atoms with van der Waals surface area (Å²) in [7, 11) is 1.67. The molecule has 1 aliphatic heterocycles. The molecule has 1 saturated heterocycles. The topological polar surface area (TPSA) is 55.6 Å². The molecule has 2 aromatic carbocycles. The number of benzene rings is 2. The second-order valence-corrected chi connectivity index (χ2v) is 6.22. The highest BCUT2D eigenvalue weighted by Gasteiger charge is 2.25. The highest BCUT2D eigenvalue weighted by Crippen LogP contribution is 2.30. The maximum atomic E-state index is 11.3. The third-order valence-corrected chi connectivity index (χ3v) is 5.00. The van der Waals surface area contributed by atoms with Crippen molar-refractivity contribution in [1.29, 1.82) is 0 Å². The van der Waals surface area contributed by atoms with Crippen molar-refractivity contribution in [2.24, 2.45) is 11.7 Å².